The van der Waals surface area contributed by atoms with Crippen LogP contribution < -0.4 is 5.32 Å². The maximum absolute atomic E-state index is 4.62. The zero-order chi connectivity index (χ0) is 13.0. The molecule has 2 aromatic heterocycles. The summed E-state index contributed by atoms with van der Waals surface area (Å²) in [5.74, 6) is 1.81. The second-order valence-corrected chi connectivity index (χ2v) is 6.37. The van der Waals surface area contributed by atoms with Crippen LogP contribution in [0.15, 0.2) is 11.1 Å². The molecule has 0 aliphatic heterocycles. The molecule has 2 aromatic rings. The van der Waals surface area contributed by atoms with Gasteiger partial charge in [0, 0.05) is 16.8 Å². The Morgan fingerprint density at radius 1 is 1.28 bits per heavy atom. The predicted molar refractivity (Wildman–Crippen MR) is 82.0 cm³/mol. The largest absolute Gasteiger partial charge is 0.354 e. The Hall–Kier alpha value is -0.810. The van der Waals surface area contributed by atoms with Gasteiger partial charge in [0.15, 0.2) is 0 Å². The van der Waals surface area contributed by atoms with Gasteiger partial charge in [-0.25, -0.2) is 9.97 Å². The van der Waals surface area contributed by atoms with Gasteiger partial charge in [-0.15, -0.1) is 23.1 Å². The Labute approximate surface area is 116 Å². The quantitative estimate of drug-likeness (QED) is 0.636. The molecule has 0 bridgehead atoms. The standard InChI is InChI=1S/C13H19N3S2/c1-4-7-14-13-15-11(17-6-3)10-8-9(5-2)18-12(10)16-13/h8H,4-7H2,1-3H3,(H,14,15,16). The number of aromatic nitrogens is 2. The first-order valence-corrected chi connectivity index (χ1v) is 8.25. The number of rotatable bonds is 6. The minimum absolute atomic E-state index is 0.768. The number of anilines is 1. The van der Waals surface area contributed by atoms with Gasteiger partial charge in [0.2, 0.25) is 5.95 Å². The van der Waals surface area contributed by atoms with Crippen LogP contribution in [0.5, 0.6) is 0 Å². The number of fused-ring (bicyclic) bond motifs is 1. The first-order chi connectivity index (χ1) is 8.78. The van der Waals surface area contributed by atoms with Crippen LogP contribution in [0, 0.1) is 0 Å². The number of nitrogens with one attached hydrogen (secondary N) is 1. The lowest BCUT2D eigenvalue weighted by molar-refractivity contribution is 0.947. The summed E-state index contributed by atoms with van der Waals surface area (Å²) in [4.78, 5) is 11.7. The highest BCUT2D eigenvalue weighted by Crippen LogP contribution is 2.32. The fraction of sp³-hybridized carbons (Fsp3) is 0.538. The van der Waals surface area contributed by atoms with Crippen molar-refractivity contribution in [2.75, 3.05) is 17.6 Å². The van der Waals surface area contributed by atoms with E-state index < -0.39 is 0 Å². The van der Waals surface area contributed by atoms with Crippen molar-refractivity contribution in [3.63, 3.8) is 0 Å². The van der Waals surface area contributed by atoms with Crippen LogP contribution in [0.4, 0.5) is 5.95 Å². The summed E-state index contributed by atoms with van der Waals surface area (Å²) in [5.41, 5.74) is 0. The third kappa shape index (κ3) is 2.95. The average Bonchev–Trinajstić information content (AvgIpc) is 2.80. The Balaban J connectivity index is 2.43. The molecule has 0 unspecified atom stereocenters. The molecule has 0 radical (unpaired) electrons. The molecule has 18 heavy (non-hydrogen) atoms. The molecule has 0 spiro atoms. The van der Waals surface area contributed by atoms with Gasteiger partial charge in [0.1, 0.15) is 9.86 Å². The van der Waals surface area contributed by atoms with Gasteiger partial charge in [-0.3, -0.25) is 0 Å². The van der Waals surface area contributed by atoms with Gasteiger partial charge >= 0.3 is 0 Å². The molecule has 3 nitrogen and oxygen atoms in total. The van der Waals surface area contributed by atoms with E-state index in [9.17, 15) is 0 Å². The van der Waals surface area contributed by atoms with Gasteiger partial charge in [0.05, 0.1) is 0 Å². The van der Waals surface area contributed by atoms with Crippen molar-refractivity contribution in [2.24, 2.45) is 0 Å². The Bertz CT molecular complexity index is 522. The Morgan fingerprint density at radius 3 is 2.78 bits per heavy atom. The molecule has 0 fully saturated rings. The van der Waals surface area contributed by atoms with Crippen molar-refractivity contribution in [2.45, 2.75) is 38.6 Å². The second-order valence-electron chi connectivity index (χ2n) is 4.00. The number of nitrogens with zero attached hydrogens (tertiary/aromatic N) is 2. The zero-order valence-corrected chi connectivity index (χ0v) is 12.7. The van der Waals surface area contributed by atoms with Crippen molar-refractivity contribution in [3.05, 3.63) is 10.9 Å². The van der Waals surface area contributed by atoms with E-state index in [1.807, 2.05) is 0 Å². The van der Waals surface area contributed by atoms with E-state index >= 15 is 0 Å². The summed E-state index contributed by atoms with van der Waals surface area (Å²) >= 11 is 3.57. The molecule has 0 aliphatic carbocycles. The first-order valence-electron chi connectivity index (χ1n) is 6.45. The molecule has 1 N–H and O–H groups in total. The van der Waals surface area contributed by atoms with Crippen LogP contribution >= 0.6 is 23.1 Å². The fourth-order valence-corrected chi connectivity index (χ4v) is 3.45. The topological polar surface area (TPSA) is 37.8 Å². The highest BCUT2D eigenvalue weighted by Gasteiger charge is 2.11. The summed E-state index contributed by atoms with van der Waals surface area (Å²) in [5, 5.41) is 5.61. The third-order valence-electron chi connectivity index (χ3n) is 2.57. The van der Waals surface area contributed by atoms with Crippen LogP contribution in [-0.2, 0) is 6.42 Å². The lowest BCUT2D eigenvalue weighted by Crippen LogP contribution is -2.04. The van der Waals surface area contributed by atoms with Crippen molar-refractivity contribution < 1.29 is 0 Å². The molecule has 0 atom stereocenters. The number of hydrogen-bond donors (Lipinski definition) is 1. The monoisotopic (exact) mass is 281 g/mol. The minimum Gasteiger partial charge on any atom is -0.354 e. The minimum atomic E-state index is 0.768. The summed E-state index contributed by atoms with van der Waals surface area (Å²) in [6.45, 7) is 7.41. The maximum atomic E-state index is 4.62. The van der Waals surface area contributed by atoms with Gasteiger partial charge < -0.3 is 5.32 Å². The average molecular weight is 281 g/mol. The summed E-state index contributed by atoms with van der Waals surface area (Å²) in [7, 11) is 0. The maximum Gasteiger partial charge on any atom is 0.225 e. The molecule has 0 amide bonds. The molecule has 0 aliphatic rings. The first kappa shape index (κ1) is 13.6. The van der Waals surface area contributed by atoms with Crippen LogP contribution in [0.2, 0.25) is 0 Å². The van der Waals surface area contributed by atoms with E-state index in [1.54, 1.807) is 23.1 Å². The summed E-state index contributed by atoms with van der Waals surface area (Å²) in [6, 6.07) is 2.24. The number of hydrogen-bond acceptors (Lipinski definition) is 5. The number of thioether (sulfide) groups is 1. The lowest BCUT2D eigenvalue weighted by Gasteiger charge is -2.05. The Morgan fingerprint density at radius 2 is 2.11 bits per heavy atom. The molecular weight excluding hydrogens is 262 g/mol. The molecule has 0 saturated carbocycles. The van der Waals surface area contributed by atoms with Gasteiger partial charge in [-0.2, -0.15) is 0 Å². The number of thiophene rings is 1. The van der Waals surface area contributed by atoms with Crippen LogP contribution in [0.25, 0.3) is 10.2 Å². The highest BCUT2D eigenvalue weighted by atomic mass is 32.2. The third-order valence-corrected chi connectivity index (χ3v) is 4.62. The SMILES string of the molecule is CCCNc1nc(SCC)c2cc(CC)sc2n1. The predicted octanol–water partition coefficient (Wildman–Crippen LogP) is 4.19. The van der Waals surface area contributed by atoms with E-state index in [-0.39, 0.29) is 0 Å². The second kappa shape index (κ2) is 6.38. The Kier molecular flexibility index (Phi) is 4.83. The normalized spacial score (nSPS) is 11.1. The zero-order valence-electron chi connectivity index (χ0n) is 11.1. The van der Waals surface area contributed by atoms with Crippen molar-refractivity contribution >= 4 is 39.3 Å². The van der Waals surface area contributed by atoms with Gasteiger partial charge in [-0.1, -0.05) is 20.8 Å². The lowest BCUT2D eigenvalue weighted by atomic mass is 10.3. The summed E-state index contributed by atoms with van der Waals surface area (Å²) < 4.78 is 0. The molecule has 0 aromatic carbocycles. The van der Waals surface area contributed by atoms with Gasteiger partial charge in [0.25, 0.3) is 0 Å². The van der Waals surface area contributed by atoms with E-state index in [0.29, 0.717) is 0 Å². The van der Waals surface area contributed by atoms with Gasteiger partial charge in [-0.05, 0) is 24.7 Å². The number of aryl methyl sites for hydroxylation is 1. The van der Waals surface area contributed by atoms with E-state index in [2.05, 4.69) is 42.1 Å². The molecule has 2 rings (SSSR count). The highest BCUT2D eigenvalue weighted by molar-refractivity contribution is 7.99. The van der Waals surface area contributed by atoms with Crippen LogP contribution in [-0.4, -0.2) is 22.3 Å². The molecular formula is C13H19N3S2. The fourth-order valence-electron chi connectivity index (χ4n) is 1.68. The molecule has 98 valence electrons. The van der Waals surface area contributed by atoms with Crippen molar-refractivity contribution in [1.29, 1.82) is 0 Å². The van der Waals surface area contributed by atoms with Crippen molar-refractivity contribution in [1.82, 2.24) is 9.97 Å². The van der Waals surface area contributed by atoms with Crippen LogP contribution in [0.3, 0.4) is 0 Å². The van der Waals surface area contributed by atoms with E-state index in [1.165, 1.54) is 10.3 Å². The van der Waals surface area contributed by atoms with E-state index in [4.69, 9.17) is 0 Å². The molecule has 2 heterocycles. The van der Waals surface area contributed by atoms with E-state index in [0.717, 1.165) is 40.9 Å². The molecule has 5 heteroatoms. The molecule has 0 saturated heterocycles. The van der Waals surface area contributed by atoms with Crippen LogP contribution in [0.1, 0.15) is 32.1 Å². The van der Waals surface area contributed by atoms with Crippen molar-refractivity contribution in [3.8, 4) is 0 Å². The smallest absolute Gasteiger partial charge is 0.225 e. The summed E-state index contributed by atoms with van der Waals surface area (Å²) in [6.07, 6.45) is 2.15.